The Morgan fingerprint density at radius 1 is 1.00 bits per heavy atom. The van der Waals surface area contributed by atoms with Gasteiger partial charge in [-0.2, -0.15) is 0 Å². The van der Waals surface area contributed by atoms with Crippen LogP contribution in [0.1, 0.15) is 43.8 Å². The Balaban J connectivity index is 0.000000395. The second-order valence-corrected chi connectivity index (χ2v) is 9.03. The molecule has 8 heteroatoms. The van der Waals surface area contributed by atoms with Crippen molar-refractivity contribution in [3.05, 3.63) is 106 Å². The van der Waals surface area contributed by atoms with Gasteiger partial charge < -0.3 is 20.3 Å². The molecule has 3 aromatic carbocycles. The van der Waals surface area contributed by atoms with E-state index in [9.17, 15) is 14.7 Å². The van der Waals surface area contributed by atoms with E-state index < -0.39 is 12.1 Å². The summed E-state index contributed by atoms with van der Waals surface area (Å²) in [6, 6.07) is 24.8. The number of hydrogen-bond donors (Lipinski definition) is 2. The minimum absolute atomic E-state index is 0.0629. The second kappa shape index (κ2) is 14.8. The molecule has 39 heavy (non-hydrogen) atoms. The Bertz CT molecular complexity index is 1390. The number of para-hydroxylation sites is 1. The van der Waals surface area contributed by atoms with Gasteiger partial charge in [0.25, 0.3) is 5.56 Å². The summed E-state index contributed by atoms with van der Waals surface area (Å²) in [6.07, 6.45) is 0.0855. The monoisotopic (exact) mass is 531 g/mol. The molecular weight excluding hydrogens is 494 g/mol. The molecule has 0 aliphatic rings. The lowest BCUT2D eigenvalue weighted by atomic mass is 10.1. The second-order valence-electron chi connectivity index (χ2n) is 9.03. The maximum Gasteiger partial charge on any atom is 0.333 e. The van der Waals surface area contributed by atoms with E-state index in [1.807, 2.05) is 74.5 Å². The highest BCUT2D eigenvalue weighted by molar-refractivity contribution is 5.77. The normalized spacial score (nSPS) is 12.3. The summed E-state index contributed by atoms with van der Waals surface area (Å²) in [6.45, 7) is 6.79. The minimum Gasteiger partial charge on any atom is -0.492 e. The van der Waals surface area contributed by atoms with Crippen LogP contribution in [0.3, 0.4) is 0 Å². The lowest BCUT2D eigenvalue weighted by molar-refractivity contribution is -0.149. The van der Waals surface area contributed by atoms with E-state index in [1.165, 1.54) is 5.56 Å². The molecule has 2 atom stereocenters. The molecule has 8 nitrogen and oxygen atoms in total. The number of nitrogens with two attached hydrogens (primary N) is 1. The summed E-state index contributed by atoms with van der Waals surface area (Å²) in [4.78, 5) is 28.6. The van der Waals surface area contributed by atoms with Crippen LogP contribution < -0.4 is 16.0 Å². The highest BCUT2D eigenvalue weighted by atomic mass is 16.5. The van der Waals surface area contributed by atoms with Crippen LogP contribution in [0.25, 0.3) is 10.9 Å². The van der Waals surface area contributed by atoms with Crippen LogP contribution in [0.15, 0.2) is 83.7 Å². The number of carboxylic acids is 1. The first-order valence-corrected chi connectivity index (χ1v) is 13.2. The van der Waals surface area contributed by atoms with Crippen LogP contribution in [0, 0.1) is 0 Å². The molecule has 1 unspecified atom stereocenters. The molecule has 206 valence electrons. The van der Waals surface area contributed by atoms with E-state index in [4.69, 9.17) is 15.2 Å². The number of fused-ring (bicyclic) bond motifs is 1. The number of nitrogens with zero attached hydrogens (tertiary/aromatic N) is 2. The van der Waals surface area contributed by atoms with Gasteiger partial charge in [0.05, 0.1) is 17.4 Å². The van der Waals surface area contributed by atoms with Crippen LogP contribution in [0.5, 0.6) is 5.75 Å². The van der Waals surface area contributed by atoms with Crippen molar-refractivity contribution in [2.45, 2.75) is 52.3 Å². The van der Waals surface area contributed by atoms with E-state index in [0.29, 0.717) is 49.3 Å². The SMILES string of the molecule is CC(N)c1ccccc1.CCO[C@H](Cc1ccc(OCCn2c(CC)nc3ccccc3c2=O)cc1)C(=O)O. The van der Waals surface area contributed by atoms with Crippen molar-refractivity contribution in [3.8, 4) is 5.75 Å². The van der Waals surface area contributed by atoms with Crippen molar-refractivity contribution < 1.29 is 19.4 Å². The molecule has 0 saturated heterocycles. The van der Waals surface area contributed by atoms with Crippen LogP contribution in [-0.4, -0.2) is 39.9 Å². The van der Waals surface area contributed by atoms with Crippen molar-refractivity contribution >= 4 is 16.9 Å². The zero-order valence-electron chi connectivity index (χ0n) is 22.7. The summed E-state index contributed by atoms with van der Waals surface area (Å²) < 4.78 is 12.7. The third kappa shape index (κ3) is 8.49. The van der Waals surface area contributed by atoms with Gasteiger partial charge in [0, 0.05) is 25.5 Å². The van der Waals surface area contributed by atoms with Crippen molar-refractivity contribution in [3.63, 3.8) is 0 Å². The number of benzene rings is 3. The first-order valence-electron chi connectivity index (χ1n) is 13.2. The van der Waals surface area contributed by atoms with Gasteiger partial charge in [-0.3, -0.25) is 9.36 Å². The highest BCUT2D eigenvalue weighted by Crippen LogP contribution is 2.15. The van der Waals surface area contributed by atoms with Gasteiger partial charge in [-0.15, -0.1) is 0 Å². The minimum atomic E-state index is -0.974. The van der Waals surface area contributed by atoms with Gasteiger partial charge in [-0.25, -0.2) is 9.78 Å². The topological polar surface area (TPSA) is 117 Å². The van der Waals surface area contributed by atoms with Crippen LogP contribution in [-0.2, 0) is 28.9 Å². The number of aryl methyl sites for hydroxylation is 1. The Hall–Kier alpha value is -4.01. The largest absolute Gasteiger partial charge is 0.492 e. The average Bonchev–Trinajstić information content (AvgIpc) is 2.95. The molecule has 0 radical (unpaired) electrons. The van der Waals surface area contributed by atoms with Gasteiger partial charge in [-0.1, -0.05) is 61.5 Å². The van der Waals surface area contributed by atoms with Gasteiger partial charge in [-0.05, 0) is 49.2 Å². The van der Waals surface area contributed by atoms with Crippen molar-refractivity contribution in [2.75, 3.05) is 13.2 Å². The number of hydrogen-bond acceptors (Lipinski definition) is 6. The fraction of sp³-hybridized carbons (Fsp3) is 0.323. The molecule has 1 heterocycles. The first kappa shape index (κ1) is 29.5. The zero-order chi connectivity index (χ0) is 28.2. The van der Waals surface area contributed by atoms with Crippen LogP contribution >= 0.6 is 0 Å². The number of carbonyl (C=O) groups is 1. The summed E-state index contributed by atoms with van der Waals surface area (Å²) in [7, 11) is 0. The molecular formula is C31H37N3O5. The third-order valence-electron chi connectivity index (χ3n) is 6.15. The third-order valence-corrected chi connectivity index (χ3v) is 6.15. The molecule has 0 saturated carbocycles. The standard InChI is InChI=1S/C23H26N2O5.C8H11N/c1-3-21-24-19-8-6-5-7-18(19)22(26)25(21)13-14-30-17-11-9-16(10-12-17)15-20(23(27)28)29-4-2;1-7(9)8-5-3-2-4-6-8/h5-12,20H,3-4,13-15H2,1-2H3,(H,27,28);2-7H,9H2,1H3/t20-;/m1./s1. The molecule has 0 bridgehead atoms. The summed E-state index contributed by atoms with van der Waals surface area (Å²) in [5.74, 6) is 0.411. The molecule has 0 fully saturated rings. The Morgan fingerprint density at radius 3 is 2.26 bits per heavy atom. The number of ether oxygens (including phenoxy) is 2. The van der Waals surface area contributed by atoms with Gasteiger partial charge in [0.1, 0.15) is 18.2 Å². The van der Waals surface area contributed by atoms with Gasteiger partial charge >= 0.3 is 5.97 Å². The fourth-order valence-electron chi connectivity index (χ4n) is 4.08. The maximum absolute atomic E-state index is 12.8. The first-order chi connectivity index (χ1) is 18.8. The molecule has 4 aromatic rings. The molecule has 0 amide bonds. The molecule has 4 rings (SSSR count). The number of carboxylic acid groups (broad SMARTS) is 1. The highest BCUT2D eigenvalue weighted by Gasteiger charge is 2.18. The van der Waals surface area contributed by atoms with Crippen molar-refractivity contribution in [1.82, 2.24) is 9.55 Å². The van der Waals surface area contributed by atoms with Gasteiger partial charge in [0.2, 0.25) is 0 Å². The van der Waals surface area contributed by atoms with E-state index >= 15 is 0 Å². The predicted octanol–water partition coefficient (Wildman–Crippen LogP) is 4.78. The van der Waals surface area contributed by atoms with Gasteiger partial charge in [0.15, 0.2) is 6.10 Å². The fourth-order valence-corrected chi connectivity index (χ4v) is 4.08. The molecule has 0 spiro atoms. The number of aliphatic carboxylic acids is 1. The lowest BCUT2D eigenvalue weighted by Gasteiger charge is -2.14. The number of aromatic nitrogens is 2. The lowest BCUT2D eigenvalue weighted by Crippen LogP contribution is -2.27. The van der Waals surface area contributed by atoms with E-state index in [0.717, 1.165) is 11.4 Å². The summed E-state index contributed by atoms with van der Waals surface area (Å²) in [5, 5.41) is 9.79. The molecule has 0 aliphatic carbocycles. The quantitative estimate of drug-likeness (QED) is 0.286. The van der Waals surface area contributed by atoms with Crippen molar-refractivity contribution in [1.29, 1.82) is 0 Å². The van der Waals surface area contributed by atoms with Crippen LogP contribution in [0.2, 0.25) is 0 Å². The van der Waals surface area contributed by atoms with Crippen molar-refractivity contribution in [2.24, 2.45) is 5.73 Å². The predicted molar refractivity (Wildman–Crippen MR) is 153 cm³/mol. The van der Waals surface area contributed by atoms with E-state index in [-0.39, 0.29) is 11.6 Å². The van der Waals surface area contributed by atoms with E-state index in [2.05, 4.69) is 4.98 Å². The summed E-state index contributed by atoms with van der Waals surface area (Å²) >= 11 is 0. The van der Waals surface area contributed by atoms with E-state index in [1.54, 1.807) is 29.7 Å². The Labute approximate surface area is 229 Å². The molecule has 3 N–H and O–H groups in total. The molecule has 1 aromatic heterocycles. The Kier molecular flexibility index (Phi) is 11.2. The summed E-state index contributed by atoms with van der Waals surface area (Å²) in [5.41, 5.74) is 8.30. The van der Waals surface area contributed by atoms with Crippen LogP contribution in [0.4, 0.5) is 0 Å². The number of rotatable bonds is 11. The molecule has 0 aliphatic heterocycles. The maximum atomic E-state index is 12.8. The zero-order valence-corrected chi connectivity index (χ0v) is 22.7. The Morgan fingerprint density at radius 2 is 1.67 bits per heavy atom. The smallest absolute Gasteiger partial charge is 0.333 e. The average molecular weight is 532 g/mol.